The van der Waals surface area contributed by atoms with Gasteiger partial charge in [-0.15, -0.1) is 0 Å². The Morgan fingerprint density at radius 3 is 2.85 bits per heavy atom. The number of pyridine rings is 1. The Morgan fingerprint density at radius 2 is 2.05 bits per heavy atom. The van der Waals surface area contributed by atoms with Gasteiger partial charge in [0, 0.05) is 12.6 Å². The molecule has 0 unspecified atom stereocenters. The number of nitrogens with zero attached hydrogens (tertiary/aromatic N) is 1. The normalized spacial score (nSPS) is 10.1. The Labute approximate surface area is 119 Å². The first-order valence-corrected chi connectivity index (χ1v) is 6.76. The van der Waals surface area contributed by atoms with Gasteiger partial charge in [-0.05, 0) is 24.1 Å². The van der Waals surface area contributed by atoms with Gasteiger partial charge in [0.1, 0.15) is 18.1 Å². The van der Waals surface area contributed by atoms with E-state index in [2.05, 4.69) is 17.2 Å². The smallest absolute Gasteiger partial charge is 0.140 e. The van der Waals surface area contributed by atoms with Gasteiger partial charge < -0.3 is 14.8 Å². The van der Waals surface area contributed by atoms with E-state index in [-0.39, 0.29) is 0 Å². The summed E-state index contributed by atoms with van der Waals surface area (Å²) in [6.07, 6.45) is 4.60. The lowest BCUT2D eigenvalue weighted by Gasteiger charge is -2.09. The second-order valence-electron chi connectivity index (χ2n) is 4.48. The summed E-state index contributed by atoms with van der Waals surface area (Å²) in [4.78, 5) is 4.17. The van der Waals surface area contributed by atoms with E-state index in [4.69, 9.17) is 9.47 Å². The Hall–Kier alpha value is -2.23. The number of rotatable bonds is 7. The summed E-state index contributed by atoms with van der Waals surface area (Å²) in [6.45, 7) is 3.56. The van der Waals surface area contributed by atoms with E-state index in [1.54, 1.807) is 19.5 Å². The van der Waals surface area contributed by atoms with Crippen LogP contribution in [0.4, 0.5) is 5.69 Å². The molecule has 0 spiro atoms. The van der Waals surface area contributed by atoms with Crippen LogP contribution in [-0.2, 0) is 6.61 Å². The van der Waals surface area contributed by atoms with Crippen LogP contribution in [0.1, 0.15) is 18.9 Å². The maximum atomic E-state index is 5.75. The van der Waals surface area contributed by atoms with E-state index in [1.807, 2.05) is 30.3 Å². The molecule has 0 amide bonds. The van der Waals surface area contributed by atoms with Gasteiger partial charge in [0.15, 0.2) is 0 Å². The molecule has 0 radical (unpaired) electrons. The zero-order valence-electron chi connectivity index (χ0n) is 11.9. The van der Waals surface area contributed by atoms with Crippen molar-refractivity contribution in [1.29, 1.82) is 0 Å². The molecule has 106 valence electrons. The van der Waals surface area contributed by atoms with E-state index < -0.39 is 0 Å². The average molecular weight is 272 g/mol. The number of hydrogen-bond donors (Lipinski definition) is 1. The van der Waals surface area contributed by atoms with Gasteiger partial charge in [0.05, 0.1) is 25.2 Å². The van der Waals surface area contributed by atoms with Crippen molar-refractivity contribution in [2.75, 3.05) is 19.0 Å². The molecule has 1 aromatic carbocycles. The molecule has 0 aliphatic carbocycles. The number of methoxy groups -OCH3 is 1. The molecule has 0 saturated heterocycles. The van der Waals surface area contributed by atoms with Crippen LogP contribution in [0, 0.1) is 0 Å². The SMILES string of the molecule is CCCNc1cncc(OCc2cccc(OC)c2)c1. The minimum Gasteiger partial charge on any atom is -0.497 e. The van der Waals surface area contributed by atoms with Crippen molar-refractivity contribution in [2.24, 2.45) is 0 Å². The van der Waals surface area contributed by atoms with Crippen molar-refractivity contribution in [3.8, 4) is 11.5 Å². The van der Waals surface area contributed by atoms with Crippen molar-refractivity contribution >= 4 is 5.69 Å². The van der Waals surface area contributed by atoms with Crippen LogP contribution in [0.3, 0.4) is 0 Å². The van der Waals surface area contributed by atoms with Gasteiger partial charge in [-0.1, -0.05) is 19.1 Å². The molecule has 1 heterocycles. The molecule has 2 aromatic rings. The second kappa shape index (κ2) is 7.38. The van der Waals surface area contributed by atoms with Gasteiger partial charge in [-0.2, -0.15) is 0 Å². The van der Waals surface area contributed by atoms with Crippen LogP contribution in [0.5, 0.6) is 11.5 Å². The summed E-state index contributed by atoms with van der Waals surface area (Å²) in [6, 6.07) is 9.81. The lowest BCUT2D eigenvalue weighted by atomic mass is 10.2. The zero-order chi connectivity index (χ0) is 14.2. The van der Waals surface area contributed by atoms with Crippen LogP contribution in [0.2, 0.25) is 0 Å². The first-order chi connectivity index (χ1) is 9.81. The third-order valence-corrected chi connectivity index (χ3v) is 2.83. The molecular weight excluding hydrogens is 252 g/mol. The monoisotopic (exact) mass is 272 g/mol. The van der Waals surface area contributed by atoms with E-state index in [0.717, 1.165) is 35.7 Å². The Balaban J connectivity index is 1.95. The molecule has 0 atom stereocenters. The van der Waals surface area contributed by atoms with Gasteiger partial charge in [-0.25, -0.2) is 0 Å². The van der Waals surface area contributed by atoms with Crippen LogP contribution in [-0.4, -0.2) is 18.6 Å². The third kappa shape index (κ3) is 4.16. The van der Waals surface area contributed by atoms with Crippen molar-refractivity contribution in [3.63, 3.8) is 0 Å². The van der Waals surface area contributed by atoms with Crippen LogP contribution in [0.15, 0.2) is 42.7 Å². The topological polar surface area (TPSA) is 43.4 Å². The van der Waals surface area contributed by atoms with Crippen LogP contribution < -0.4 is 14.8 Å². The number of benzene rings is 1. The molecule has 4 heteroatoms. The largest absolute Gasteiger partial charge is 0.497 e. The fourth-order valence-corrected chi connectivity index (χ4v) is 1.79. The number of nitrogens with one attached hydrogen (secondary N) is 1. The van der Waals surface area contributed by atoms with E-state index >= 15 is 0 Å². The highest BCUT2D eigenvalue weighted by molar-refractivity contribution is 5.45. The fraction of sp³-hybridized carbons (Fsp3) is 0.312. The van der Waals surface area contributed by atoms with Gasteiger partial charge in [0.2, 0.25) is 0 Å². The molecule has 1 aromatic heterocycles. The highest BCUT2D eigenvalue weighted by Crippen LogP contribution is 2.18. The molecule has 4 nitrogen and oxygen atoms in total. The Kier molecular flexibility index (Phi) is 5.24. The molecule has 0 saturated carbocycles. The highest BCUT2D eigenvalue weighted by Gasteiger charge is 2.00. The van der Waals surface area contributed by atoms with E-state index in [0.29, 0.717) is 6.61 Å². The highest BCUT2D eigenvalue weighted by atomic mass is 16.5. The molecule has 1 N–H and O–H groups in total. The van der Waals surface area contributed by atoms with Crippen molar-refractivity contribution in [3.05, 3.63) is 48.3 Å². The Bertz CT molecular complexity index is 544. The first kappa shape index (κ1) is 14.2. The first-order valence-electron chi connectivity index (χ1n) is 6.76. The molecule has 0 aliphatic rings. The molecular formula is C16H20N2O2. The number of aromatic nitrogens is 1. The predicted octanol–water partition coefficient (Wildman–Crippen LogP) is 3.49. The van der Waals surface area contributed by atoms with Crippen molar-refractivity contribution < 1.29 is 9.47 Å². The molecule has 20 heavy (non-hydrogen) atoms. The quantitative estimate of drug-likeness (QED) is 0.838. The maximum absolute atomic E-state index is 5.75. The Morgan fingerprint density at radius 1 is 1.15 bits per heavy atom. The second-order valence-corrected chi connectivity index (χ2v) is 4.48. The van der Waals surface area contributed by atoms with Gasteiger partial charge >= 0.3 is 0 Å². The summed E-state index contributed by atoms with van der Waals surface area (Å²) in [5.41, 5.74) is 2.05. The summed E-state index contributed by atoms with van der Waals surface area (Å²) < 4.78 is 10.9. The standard InChI is InChI=1S/C16H20N2O2/c1-3-7-18-14-9-16(11-17-10-14)20-12-13-5-4-6-15(8-13)19-2/h4-6,8-11,18H,3,7,12H2,1-2H3. The van der Waals surface area contributed by atoms with Crippen molar-refractivity contribution in [2.45, 2.75) is 20.0 Å². The molecule has 0 bridgehead atoms. The van der Waals surface area contributed by atoms with E-state index in [1.165, 1.54) is 0 Å². The fourth-order valence-electron chi connectivity index (χ4n) is 1.79. The number of ether oxygens (including phenoxy) is 2. The molecule has 0 fully saturated rings. The maximum Gasteiger partial charge on any atom is 0.140 e. The van der Waals surface area contributed by atoms with Gasteiger partial charge in [0.25, 0.3) is 0 Å². The summed E-state index contributed by atoms with van der Waals surface area (Å²) in [5, 5.41) is 3.29. The number of anilines is 1. The summed E-state index contributed by atoms with van der Waals surface area (Å²) >= 11 is 0. The van der Waals surface area contributed by atoms with Crippen LogP contribution >= 0.6 is 0 Å². The molecule has 2 rings (SSSR count). The van der Waals surface area contributed by atoms with Crippen molar-refractivity contribution in [1.82, 2.24) is 4.98 Å². The zero-order valence-corrected chi connectivity index (χ0v) is 11.9. The lowest BCUT2D eigenvalue weighted by Crippen LogP contribution is -2.01. The summed E-state index contributed by atoms with van der Waals surface area (Å²) in [5.74, 6) is 1.59. The summed E-state index contributed by atoms with van der Waals surface area (Å²) in [7, 11) is 1.66. The third-order valence-electron chi connectivity index (χ3n) is 2.83. The van der Waals surface area contributed by atoms with Crippen LogP contribution in [0.25, 0.3) is 0 Å². The average Bonchev–Trinajstić information content (AvgIpc) is 2.51. The van der Waals surface area contributed by atoms with Gasteiger partial charge in [-0.3, -0.25) is 4.98 Å². The molecule has 0 aliphatic heterocycles. The minimum absolute atomic E-state index is 0.496. The lowest BCUT2D eigenvalue weighted by molar-refractivity contribution is 0.304. The van der Waals surface area contributed by atoms with E-state index in [9.17, 15) is 0 Å². The number of hydrogen-bond acceptors (Lipinski definition) is 4. The minimum atomic E-state index is 0.496. The predicted molar refractivity (Wildman–Crippen MR) is 80.3 cm³/mol.